The van der Waals surface area contributed by atoms with Gasteiger partial charge in [0.05, 0.1) is 0 Å². The molecule has 17 heavy (non-hydrogen) atoms. The van der Waals surface area contributed by atoms with Gasteiger partial charge < -0.3 is 10.0 Å². The van der Waals surface area contributed by atoms with E-state index in [1.54, 1.807) is 4.90 Å². The number of likely N-dealkylation sites (tertiary alicyclic amines) is 1. The number of hydrogen-bond donors (Lipinski definition) is 2. The van der Waals surface area contributed by atoms with Crippen molar-refractivity contribution in [3.8, 4) is 0 Å². The van der Waals surface area contributed by atoms with E-state index < -0.39 is 5.82 Å². The molecule has 1 N–H and O–H groups in total. The van der Waals surface area contributed by atoms with Gasteiger partial charge in [0, 0.05) is 36.1 Å². The van der Waals surface area contributed by atoms with Gasteiger partial charge in [0.25, 0.3) is 5.91 Å². The molecule has 1 aliphatic rings. The van der Waals surface area contributed by atoms with E-state index in [1.807, 2.05) is 0 Å². The number of benzene rings is 1. The maximum atomic E-state index is 13.0. The van der Waals surface area contributed by atoms with Crippen LogP contribution in [0.15, 0.2) is 23.1 Å². The molecule has 1 saturated heterocycles. The summed E-state index contributed by atoms with van der Waals surface area (Å²) in [7, 11) is 0. The van der Waals surface area contributed by atoms with E-state index in [9.17, 15) is 9.18 Å². The largest absolute Gasteiger partial charge is 0.396 e. The van der Waals surface area contributed by atoms with Crippen LogP contribution in [-0.4, -0.2) is 35.6 Å². The Morgan fingerprint density at radius 3 is 2.94 bits per heavy atom. The molecule has 1 unspecified atom stereocenters. The third kappa shape index (κ3) is 2.61. The molecule has 1 aliphatic heterocycles. The Morgan fingerprint density at radius 1 is 1.59 bits per heavy atom. The summed E-state index contributed by atoms with van der Waals surface area (Å²) in [6.45, 7) is 1.31. The van der Waals surface area contributed by atoms with E-state index in [1.165, 1.54) is 18.2 Å². The molecule has 0 spiro atoms. The number of amides is 1. The third-order valence-electron chi connectivity index (χ3n) is 3.02. The van der Waals surface area contributed by atoms with Gasteiger partial charge in [-0.25, -0.2) is 4.39 Å². The predicted molar refractivity (Wildman–Crippen MR) is 64.7 cm³/mol. The highest BCUT2D eigenvalue weighted by atomic mass is 32.1. The SMILES string of the molecule is O=C(c1ccc(F)c(S)c1)N1CCC(CO)C1. The summed E-state index contributed by atoms with van der Waals surface area (Å²) in [5.41, 5.74) is 0.440. The predicted octanol–water partition coefficient (Wildman–Crippen LogP) is 1.57. The van der Waals surface area contributed by atoms with Crippen LogP contribution >= 0.6 is 12.6 Å². The quantitative estimate of drug-likeness (QED) is 0.788. The van der Waals surface area contributed by atoms with Crippen LogP contribution in [0.3, 0.4) is 0 Å². The minimum Gasteiger partial charge on any atom is -0.396 e. The lowest BCUT2D eigenvalue weighted by Crippen LogP contribution is -2.29. The standard InChI is InChI=1S/C12H14FNO2S/c13-10-2-1-9(5-11(10)17)12(16)14-4-3-8(6-14)7-15/h1-2,5,8,15,17H,3-4,6-7H2. The van der Waals surface area contributed by atoms with Crippen LogP contribution < -0.4 is 0 Å². The molecule has 1 aromatic rings. The second-order valence-corrected chi connectivity index (χ2v) is 4.74. The Balaban J connectivity index is 2.12. The maximum absolute atomic E-state index is 13.0. The van der Waals surface area contributed by atoms with Crippen molar-refractivity contribution in [3.05, 3.63) is 29.6 Å². The number of aliphatic hydroxyl groups excluding tert-OH is 1. The van der Waals surface area contributed by atoms with Crippen LogP contribution in [0.4, 0.5) is 4.39 Å². The molecule has 1 amide bonds. The zero-order chi connectivity index (χ0) is 12.4. The fourth-order valence-electron chi connectivity index (χ4n) is 1.99. The number of nitrogens with zero attached hydrogens (tertiary/aromatic N) is 1. The van der Waals surface area contributed by atoms with Gasteiger partial charge in [0.15, 0.2) is 0 Å². The molecule has 0 bridgehead atoms. The highest BCUT2D eigenvalue weighted by Crippen LogP contribution is 2.20. The van der Waals surface area contributed by atoms with Crippen LogP contribution in [0.2, 0.25) is 0 Å². The highest BCUT2D eigenvalue weighted by Gasteiger charge is 2.26. The van der Waals surface area contributed by atoms with Gasteiger partial charge in [0.1, 0.15) is 5.82 Å². The van der Waals surface area contributed by atoms with Crippen molar-refractivity contribution < 1.29 is 14.3 Å². The fraction of sp³-hybridized carbons (Fsp3) is 0.417. The van der Waals surface area contributed by atoms with E-state index in [0.29, 0.717) is 18.7 Å². The van der Waals surface area contributed by atoms with Crippen LogP contribution in [0.25, 0.3) is 0 Å². The molecule has 1 aromatic carbocycles. The normalized spacial score (nSPS) is 19.7. The Bertz CT molecular complexity index is 439. The smallest absolute Gasteiger partial charge is 0.253 e. The summed E-state index contributed by atoms with van der Waals surface area (Å²) in [6.07, 6.45) is 0.817. The molecule has 5 heteroatoms. The van der Waals surface area contributed by atoms with Gasteiger partial charge in [-0.15, -0.1) is 12.6 Å². The van der Waals surface area contributed by atoms with E-state index in [-0.39, 0.29) is 23.3 Å². The Hall–Kier alpha value is -1.07. The molecular formula is C12H14FNO2S. The Morgan fingerprint density at radius 2 is 2.35 bits per heavy atom. The van der Waals surface area contributed by atoms with Gasteiger partial charge in [-0.3, -0.25) is 4.79 Å². The molecule has 1 heterocycles. The molecular weight excluding hydrogens is 241 g/mol. The van der Waals surface area contributed by atoms with Crippen molar-refractivity contribution in [1.82, 2.24) is 4.90 Å². The minimum atomic E-state index is -0.431. The first-order valence-corrected chi connectivity index (χ1v) is 5.95. The van der Waals surface area contributed by atoms with Gasteiger partial charge in [0.2, 0.25) is 0 Å². The second kappa shape index (κ2) is 5.06. The summed E-state index contributed by atoms with van der Waals surface area (Å²) >= 11 is 3.96. The van der Waals surface area contributed by atoms with Gasteiger partial charge in [-0.2, -0.15) is 0 Å². The number of rotatable bonds is 2. The van der Waals surface area contributed by atoms with Crippen molar-refractivity contribution in [2.45, 2.75) is 11.3 Å². The Labute approximate surface area is 105 Å². The lowest BCUT2D eigenvalue weighted by atomic mass is 10.1. The monoisotopic (exact) mass is 255 g/mol. The number of halogens is 1. The van der Waals surface area contributed by atoms with Crippen molar-refractivity contribution in [2.24, 2.45) is 5.92 Å². The average molecular weight is 255 g/mol. The van der Waals surface area contributed by atoms with Crippen LogP contribution in [-0.2, 0) is 0 Å². The van der Waals surface area contributed by atoms with Crippen molar-refractivity contribution in [2.75, 3.05) is 19.7 Å². The number of aliphatic hydroxyl groups is 1. The lowest BCUT2D eigenvalue weighted by Gasteiger charge is -2.16. The molecule has 0 aromatic heterocycles. The zero-order valence-corrected chi connectivity index (χ0v) is 10.2. The zero-order valence-electron chi connectivity index (χ0n) is 9.27. The van der Waals surface area contributed by atoms with Crippen molar-refractivity contribution in [1.29, 1.82) is 0 Å². The highest BCUT2D eigenvalue weighted by molar-refractivity contribution is 7.80. The molecule has 0 saturated carbocycles. The van der Waals surface area contributed by atoms with Crippen LogP contribution in [0.5, 0.6) is 0 Å². The first-order valence-electron chi connectivity index (χ1n) is 5.50. The van der Waals surface area contributed by atoms with E-state index in [2.05, 4.69) is 12.6 Å². The topological polar surface area (TPSA) is 40.5 Å². The average Bonchev–Trinajstić information content (AvgIpc) is 2.80. The molecule has 0 radical (unpaired) electrons. The molecule has 1 fully saturated rings. The summed E-state index contributed by atoms with van der Waals surface area (Å²) in [5, 5.41) is 9.02. The van der Waals surface area contributed by atoms with Crippen LogP contribution in [0, 0.1) is 11.7 Å². The number of hydrogen-bond acceptors (Lipinski definition) is 3. The van der Waals surface area contributed by atoms with E-state index in [4.69, 9.17) is 5.11 Å². The first-order chi connectivity index (χ1) is 8.11. The summed E-state index contributed by atoms with van der Waals surface area (Å²) in [6, 6.07) is 4.14. The van der Waals surface area contributed by atoms with Crippen molar-refractivity contribution in [3.63, 3.8) is 0 Å². The molecule has 3 nitrogen and oxygen atoms in total. The Kier molecular flexibility index (Phi) is 3.69. The first kappa shape index (κ1) is 12.4. The summed E-state index contributed by atoms with van der Waals surface area (Å²) in [4.78, 5) is 13.9. The summed E-state index contributed by atoms with van der Waals surface area (Å²) in [5.74, 6) is -0.398. The fourth-order valence-corrected chi connectivity index (χ4v) is 2.21. The molecule has 2 rings (SSSR count). The molecule has 1 atom stereocenters. The van der Waals surface area contributed by atoms with Gasteiger partial charge in [-0.1, -0.05) is 0 Å². The molecule has 92 valence electrons. The number of carbonyl (C=O) groups excluding carboxylic acids is 1. The number of thiol groups is 1. The summed E-state index contributed by atoms with van der Waals surface area (Å²) < 4.78 is 13.0. The van der Waals surface area contributed by atoms with Gasteiger partial charge >= 0.3 is 0 Å². The second-order valence-electron chi connectivity index (χ2n) is 4.25. The number of carbonyl (C=O) groups is 1. The maximum Gasteiger partial charge on any atom is 0.253 e. The van der Waals surface area contributed by atoms with Crippen LogP contribution in [0.1, 0.15) is 16.8 Å². The third-order valence-corrected chi connectivity index (χ3v) is 3.37. The lowest BCUT2D eigenvalue weighted by molar-refractivity contribution is 0.0781. The van der Waals surface area contributed by atoms with E-state index >= 15 is 0 Å². The van der Waals surface area contributed by atoms with Crippen molar-refractivity contribution >= 4 is 18.5 Å². The van der Waals surface area contributed by atoms with Gasteiger partial charge in [-0.05, 0) is 24.6 Å². The van der Waals surface area contributed by atoms with E-state index in [0.717, 1.165) is 6.42 Å². The molecule has 0 aliphatic carbocycles. The minimum absolute atomic E-state index is 0.102.